The third-order valence-electron chi connectivity index (χ3n) is 2.82. The average Bonchev–Trinajstić information content (AvgIpc) is 2.39. The number of ether oxygens (including phenoxy) is 1. The Labute approximate surface area is 112 Å². The van der Waals surface area contributed by atoms with Crippen LogP contribution in [0.15, 0.2) is 48.5 Å². The van der Waals surface area contributed by atoms with E-state index in [4.69, 9.17) is 16.3 Å². The monoisotopic (exact) mass is 262 g/mol. The van der Waals surface area contributed by atoms with E-state index in [1.165, 1.54) is 0 Å². The molecule has 2 aromatic rings. The Morgan fingerprint density at radius 1 is 1.17 bits per heavy atom. The summed E-state index contributed by atoms with van der Waals surface area (Å²) in [6, 6.07) is 15.0. The van der Waals surface area contributed by atoms with Crippen molar-refractivity contribution in [3.63, 3.8) is 0 Å². The molecule has 0 saturated heterocycles. The number of methoxy groups -OCH3 is 1. The fourth-order valence-electron chi connectivity index (χ4n) is 1.83. The lowest BCUT2D eigenvalue weighted by Gasteiger charge is -2.12. The highest BCUT2D eigenvalue weighted by Crippen LogP contribution is 2.22. The highest BCUT2D eigenvalue weighted by molar-refractivity contribution is 6.30. The predicted molar refractivity (Wildman–Crippen MR) is 73.1 cm³/mol. The van der Waals surface area contributed by atoms with Crippen LogP contribution in [0.3, 0.4) is 0 Å². The minimum atomic E-state index is -0.533. The van der Waals surface area contributed by atoms with Crippen LogP contribution >= 0.6 is 11.6 Å². The maximum absolute atomic E-state index is 10.1. The average molecular weight is 263 g/mol. The van der Waals surface area contributed by atoms with Crippen LogP contribution in [0.2, 0.25) is 5.02 Å². The summed E-state index contributed by atoms with van der Waals surface area (Å²) in [5.74, 6) is 0.802. The third kappa shape index (κ3) is 3.25. The quantitative estimate of drug-likeness (QED) is 0.912. The Kier molecular flexibility index (Phi) is 4.24. The van der Waals surface area contributed by atoms with Gasteiger partial charge in [0.05, 0.1) is 13.2 Å². The van der Waals surface area contributed by atoms with Gasteiger partial charge in [-0.1, -0.05) is 35.9 Å². The first-order valence-electron chi connectivity index (χ1n) is 5.75. The molecule has 2 rings (SSSR count). The second-order valence-electron chi connectivity index (χ2n) is 4.12. The molecule has 18 heavy (non-hydrogen) atoms. The topological polar surface area (TPSA) is 29.5 Å². The highest BCUT2D eigenvalue weighted by atomic mass is 35.5. The minimum absolute atomic E-state index is 0.533. The van der Waals surface area contributed by atoms with E-state index >= 15 is 0 Å². The predicted octanol–water partition coefficient (Wildman–Crippen LogP) is 3.62. The van der Waals surface area contributed by atoms with Crippen molar-refractivity contribution >= 4 is 11.6 Å². The van der Waals surface area contributed by atoms with E-state index in [2.05, 4.69) is 0 Å². The number of benzene rings is 2. The molecule has 0 aromatic heterocycles. The number of hydrogen-bond donors (Lipinski definition) is 1. The SMILES string of the molecule is COc1cccc(CC(O)c2ccc(Cl)cc2)c1. The summed E-state index contributed by atoms with van der Waals surface area (Å²) in [7, 11) is 1.63. The van der Waals surface area contributed by atoms with E-state index in [9.17, 15) is 5.11 Å². The van der Waals surface area contributed by atoms with Crippen molar-refractivity contribution < 1.29 is 9.84 Å². The van der Waals surface area contributed by atoms with Crippen molar-refractivity contribution in [1.29, 1.82) is 0 Å². The Bertz CT molecular complexity index is 508. The van der Waals surface area contributed by atoms with E-state index in [0.29, 0.717) is 11.4 Å². The Morgan fingerprint density at radius 2 is 1.89 bits per heavy atom. The number of aliphatic hydroxyl groups is 1. The van der Waals surface area contributed by atoms with Crippen molar-refractivity contribution in [3.05, 3.63) is 64.7 Å². The van der Waals surface area contributed by atoms with E-state index in [0.717, 1.165) is 16.9 Å². The maximum Gasteiger partial charge on any atom is 0.119 e. The van der Waals surface area contributed by atoms with Gasteiger partial charge in [0.2, 0.25) is 0 Å². The first-order chi connectivity index (χ1) is 8.69. The first kappa shape index (κ1) is 12.9. The van der Waals surface area contributed by atoms with Gasteiger partial charge in [-0.3, -0.25) is 0 Å². The van der Waals surface area contributed by atoms with Gasteiger partial charge in [0, 0.05) is 11.4 Å². The van der Waals surface area contributed by atoms with Crippen LogP contribution in [0.5, 0.6) is 5.75 Å². The van der Waals surface area contributed by atoms with Crippen LogP contribution in [-0.2, 0) is 6.42 Å². The van der Waals surface area contributed by atoms with Crippen LogP contribution in [0.1, 0.15) is 17.2 Å². The Balaban J connectivity index is 2.10. The summed E-state index contributed by atoms with van der Waals surface area (Å²) in [4.78, 5) is 0. The molecule has 0 radical (unpaired) electrons. The van der Waals surface area contributed by atoms with Crippen molar-refractivity contribution in [2.24, 2.45) is 0 Å². The number of hydrogen-bond acceptors (Lipinski definition) is 2. The van der Waals surface area contributed by atoms with E-state index in [1.54, 1.807) is 19.2 Å². The Hall–Kier alpha value is -1.51. The van der Waals surface area contributed by atoms with Crippen LogP contribution in [0.25, 0.3) is 0 Å². The standard InChI is InChI=1S/C15H15ClO2/c1-18-14-4-2-3-11(9-14)10-15(17)12-5-7-13(16)8-6-12/h2-9,15,17H,10H2,1H3. The lowest BCUT2D eigenvalue weighted by molar-refractivity contribution is 0.178. The summed E-state index contributed by atoms with van der Waals surface area (Å²) >= 11 is 5.82. The third-order valence-corrected chi connectivity index (χ3v) is 3.07. The van der Waals surface area contributed by atoms with Crippen LogP contribution < -0.4 is 4.74 Å². The fourth-order valence-corrected chi connectivity index (χ4v) is 1.95. The van der Waals surface area contributed by atoms with Gasteiger partial charge in [0.25, 0.3) is 0 Å². The zero-order chi connectivity index (χ0) is 13.0. The van der Waals surface area contributed by atoms with Gasteiger partial charge in [-0.2, -0.15) is 0 Å². The van der Waals surface area contributed by atoms with Crippen molar-refractivity contribution in [3.8, 4) is 5.75 Å². The second kappa shape index (κ2) is 5.89. The molecule has 0 aliphatic rings. The molecule has 0 amide bonds. The molecule has 1 N–H and O–H groups in total. The molecular formula is C15H15ClO2. The zero-order valence-corrected chi connectivity index (χ0v) is 10.9. The van der Waals surface area contributed by atoms with Gasteiger partial charge in [-0.25, -0.2) is 0 Å². The van der Waals surface area contributed by atoms with E-state index < -0.39 is 6.10 Å². The van der Waals surface area contributed by atoms with Gasteiger partial charge in [0.1, 0.15) is 5.75 Å². The molecule has 2 aromatic carbocycles. The molecular weight excluding hydrogens is 248 g/mol. The summed E-state index contributed by atoms with van der Waals surface area (Å²) in [6.07, 6.45) is 0.0214. The van der Waals surface area contributed by atoms with Gasteiger partial charge in [-0.15, -0.1) is 0 Å². The summed E-state index contributed by atoms with van der Waals surface area (Å²) < 4.78 is 5.16. The number of rotatable bonds is 4. The molecule has 3 heteroatoms. The van der Waals surface area contributed by atoms with Crippen molar-refractivity contribution in [2.75, 3.05) is 7.11 Å². The summed E-state index contributed by atoms with van der Waals surface area (Å²) in [5.41, 5.74) is 1.90. The number of aliphatic hydroxyl groups excluding tert-OH is 1. The van der Waals surface area contributed by atoms with Gasteiger partial charge in [0.15, 0.2) is 0 Å². The molecule has 1 atom stereocenters. The summed E-state index contributed by atoms with van der Waals surface area (Å²) in [5, 5.41) is 10.8. The minimum Gasteiger partial charge on any atom is -0.497 e. The van der Waals surface area contributed by atoms with E-state index in [-0.39, 0.29) is 0 Å². The molecule has 0 aliphatic carbocycles. The lowest BCUT2D eigenvalue weighted by atomic mass is 10.0. The molecule has 0 aliphatic heterocycles. The lowest BCUT2D eigenvalue weighted by Crippen LogP contribution is -2.01. The molecule has 0 heterocycles. The molecule has 0 saturated carbocycles. The highest BCUT2D eigenvalue weighted by Gasteiger charge is 2.08. The molecule has 94 valence electrons. The van der Waals surface area contributed by atoms with E-state index in [1.807, 2.05) is 36.4 Å². The van der Waals surface area contributed by atoms with Gasteiger partial charge >= 0.3 is 0 Å². The van der Waals surface area contributed by atoms with Crippen molar-refractivity contribution in [1.82, 2.24) is 0 Å². The normalized spacial score (nSPS) is 12.2. The molecule has 0 spiro atoms. The Morgan fingerprint density at radius 3 is 2.56 bits per heavy atom. The fraction of sp³-hybridized carbons (Fsp3) is 0.200. The van der Waals surface area contributed by atoms with Crippen molar-refractivity contribution in [2.45, 2.75) is 12.5 Å². The molecule has 0 bridgehead atoms. The maximum atomic E-state index is 10.1. The van der Waals surface area contributed by atoms with Gasteiger partial charge < -0.3 is 9.84 Å². The van der Waals surface area contributed by atoms with Crippen LogP contribution in [0.4, 0.5) is 0 Å². The first-order valence-corrected chi connectivity index (χ1v) is 6.13. The van der Waals surface area contributed by atoms with Gasteiger partial charge in [-0.05, 0) is 35.4 Å². The van der Waals surface area contributed by atoms with Crippen LogP contribution in [-0.4, -0.2) is 12.2 Å². The zero-order valence-electron chi connectivity index (χ0n) is 10.1. The molecule has 1 unspecified atom stereocenters. The number of halogens is 1. The van der Waals surface area contributed by atoms with Crippen LogP contribution in [0, 0.1) is 0 Å². The molecule has 0 fully saturated rings. The molecule has 2 nitrogen and oxygen atoms in total. The smallest absolute Gasteiger partial charge is 0.119 e. The largest absolute Gasteiger partial charge is 0.497 e. The second-order valence-corrected chi connectivity index (χ2v) is 4.56. The summed E-state index contributed by atoms with van der Waals surface area (Å²) in [6.45, 7) is 0.